The van der Waals surface area contributed by atoms with Gasteiger partial charge in [0.05, 0.1) is 6.54 Å². The summed E-state index contributed by atoms with van der Waals surface area (Å²) < 4.78 is 0. The van der Waals surface area contributed by atoms with Crippen molar-refractivity contribution in [1.29, 1.82) is 0 Å². The number of hydrogen-bond donors (Lipinski definition) is 0. The number of carbonyl (C=O) groups excluding carboxylic acids is 1. The zero-order valence-electron chi connectivity index (χ0n) is 7.35. The van der Waals surface area contributed by atoms with Crippen LogP contribution in [0.1, 0.15) is 19.8 Å². The van der Waals surface area contributed by atoms with Crippen molar-refractivity contribution in [3.8, 4) is 0 Å². The molecule has 0 aromatic rings. The molecule has 0 aliphatic carbocycles. The monoisotopic (exact) mass is 187 g/mol. The Kier molecular flexibility index (Phi) is 3.76. The lowest BCUT2D eigenvalue weighted by Crippen LogP contribution is -2.36. The summed E-state index contributed by atoms with van der Waals surface area (Å²) in [5.74, 6) is 0.351. The first-order chi connectivity index (χ1) is 5.72. The molecule has 1 aliphatic heterocycles. The van der Waals surface area contributed by atoms with E-state index in [1.807, 2.05) is 6.92 Å². The number of rotatable bonds is 2. The van der Waals surface area contributed by atoms with Gasteiger partial charge in [-0.2, -0.15) is 0 Å². The molecular formula is C9H14ClNO. The number of halogens is 1. The molecule has 1 saturated heterocycles. The van der Waals surface area contributed by atoms with Crippen molar-refractivity contribution in [2.24, 2.45) is 0 Å². The van der Waals surface area contributed by atoms with E-state index < -0.39 is 0 Å². The maximum atomic E-state index is 11.0. The van der Waals surface area contributed by atoms with Crippen LogP contribution in [-0.4, -0.2) is 30.3 Å². The van der Waals surface area contributed by atoms with Crippen molar-refractivity contribution in [2.45, 2.75) is 19.8 Å². The predicted molar refractivity (Wildman–Crippen MR) is 50.3 cm³/mol. The Balaban J connectivity index is 2.37. The van der Waals surface area contributed by atoms with Gasteiger partial charge in [0.1, 0.15) is 5.78 Å². The van der Waals surface area contributed by atoms with Crippen LogP contribution in [0.5, 0.6) is 0 Å². The van der Waals surface area contributed by atoms with E-state index in [2.05, 4.69) is 4.90 Å². The molecule has 1 fully saturated rings. The van der Waals surface area contributed by atoms with Crippen molar-refractivity contribution in [2.75, 3.05) is 19.6 Å². The summed E-state index contributed by atoms with van der Waals surface area (Å²) in [4.78, 5) is 13.2. The fraction of sp³-hybridized carbons (Fsp3) is 0.667. The van der Waals surface area contributed by atoms with Crippen molar-refractivity contribution >= 4 is 17.4 Å². The maximum absolute atomic E-state index is 11.0. The highest BCUT2D eigenvalue weighted by Gasteiger charge is 2.15. The molecule has 0 atom stereocenters. The summed E-state index contributed by atoms with van der Waals surface area (Å²) in [5.41, 5.74) is 2.70. The molecule has 0 radical (unpaired) electrons. The fourth-order valence-electron chi connectivity index (χ4n) is 1.43. The highest BCUT2D eigenvalue weighted by atomic mass is 35.5. The zero-order valence-corrected chi connectivity index (χ0v) is 8.10. The smallest absolute Gasteiger partial charge is 0.146 e. The summed E-state index contributed by atoms with van der Waals surface area (Å²) in [5, 5.41) is 0. The first-order valence-electron chi connectivity index (χ1n) is 4.22. The molecule has 68 valence electrons. The highest BCUT2D eigenvalue weighted by Crippen LogP contribution is 2.08. The molecule has 0 saturated carbocycles. The molecule has 0 unspecified atom stereocenters. The van der Waals surface area contributed by atoms with Crippen LogP contribution in [-0.2, 0) is 4.79 Å². The Hall–Kier alpha value is -0.340. The van der Waals surface area contributed by atoms with E-state index in [-0.39, 0.29) is 0 Å². The molecule has 1 rings (SSSR count). The summed E-state index contributed by atoms with van der Waals surface area (Å²) >= 11 is 5.53. The summed E-state index contributed by atoms with van der Waals surface area (Å²) in [6, 6.07) is 0. The van der Waals surface area contributed by atoms with Gasteiger partial charge in [-0.15, -0.1) is 0 Å². The average Bonchev–Trinajstić information content (AvgIpc) is 2.04. The Morgan fingerprint density at radius 2 is 2.50 bits per heavy atom. The minimum atomic E-state index is 0.351. The third-order valence-electron chi connectivity index (χ3n) is 1.99. The fourth-order valence-corrected chi connectivity index (χ4v) is 1.50. The van der Waals surface area contributed by atoms with E-state index in [0.29, 0.717) is 12.3 Å². The van der Waals surface area contributed by atoms with Crippen LogP contribution in [0.15, 0.2) is 11.1 Å². The standard InChI is InChI=1S/C9H14ClNO/c1-8(5-10)6-11-4-2-3-9(12)7-11/h5H,2-4,6-7H2,1H3. The van der Waals surface area contributed by atoms with Gasteiger partial charge in [0.2, 0.25) is 0 Å². The lowest BCUT2D eigenvalue weighted by Gasteiger charge is -2.25. The van der Waals surface area contributed by atoms with Gasteiger partial charge in [-0.25, -0.2) is 0 Å². The average molecular weight is 188 g/mol. The van der Waals surface area contributed by atoms with Gasteiger partial charge in [0, 0.05) is 18.5 Å². The number of carbonyl (C=O) groups is 1. The van der Waals surface area contributed by atoms with E-state index in [4.69, 9.17) is 11.6 Å². The third-order valence-corrected chi connectivity index (χ3v) is 2.36. The van der Waals surface area contributed by atoms with Crippen LogP contribution in [0.2, 0.25) is 0 Å². The summed E-state index contributed by atoms with van der Waals surface area (Å²) in [7, 11) is 0. The number of likely N-dealkylation sites (tertiary alicyclic amines) is 1. The molecule has 12 heavy (non-hydrogen) atoms. The molecule has 0 amide bonds. The molecule has 0 spiro atoms. The van der Waals surface area contributed by atoms with Crippen LogP contribution >= 0.6 is 11.6 Å². The number of Topliss-reactive ketones (excluding diaryl/α,β-unsaturated/α-hetero) is 1. The zero-order chi connectivity index (χ0) is 8.97. The number of hydrogen-bond acceptors (Lipinski definition) is 2. The Bertz CT molecular complexity index is 201. The van der Waals surface area contributed by atoms with Crippen LogP contribution in [0.3, 0.4) is 0 Å². The molecule has 0 aromatic heterocycles. The molecule has 3 heteroatoms. The summed E-state index contributed by atoms with van der Waals surface area (Å²) in [6.07, 6.45) is 1.74. The van der Waals surface area contributed by atoms with Crippen LogP contribution < -0.4 is 0 Å². The van der Waals surface area contributed by atoms with E-state index >= 15 is 0 Å². The molecule has 0 aromatic carbocycles. The van der Waals surface area contributed by atoms with Gasteiger partial charge < -0.3 is 0 Å². The van der Waals surface area contributed by atoms with Crippen LogP contribution in [0.25, 0.3) is 0 Å². The van der Waals surface area contributed by atoms with Crippen LogP contribution in [0.4, 0.5) is 0 Å². The van der Waals surface area contributed by atoms with E-state index in [1.54, 1.807) is 5.54 Å². The number of ketones is 1. The van der Waals surface area contributed by atoms with Gasteiger partial charge in [-0.3, -0.25) is 9.69 Å². The molecule has 0 bridgehead atoms. The van der Waals surface area contributed by atoms with Crippen molar-refractivity contribution < 1.29 is 4.79 Å². The second-order valence-corrected chi connectivity index (χ2v) is 3.53. The normalized spacial score (nSPS) is 21.5. The van der Waals surface area contributed by atoms with E-state index in [0.717, 1.165) is 31.5 Å². The minimum Gasteiger partial charge on any atom is -0.298 e. The van der Waals surface area contributed by atoms with E-state index in [9.17, 15) is 4.79 Å². The maximum Gasteiger partial charge on any atom is 0.146 e. The highest BCUT2D eigenvalue weighted by molar-refractivity contribution is 6.25. The third kappa shape index (κ3) is 2.95. The van der Waals surface area contributed by atoms with Crippen LogP contribution in [0, 0.1) is 0 Å². The second kappa shape index (κ2) is 4.63. The quantitative estimate of drug-likeness (QED) is 0.657. The van der Waals surface area contributed by atoms with Gasteiger partial charge >= 0.3 is 0 Å². The molecular weight excluding hydrogens is 174 g/mol. The minimum absolute atomic E-state index is 0.351. The SMILES string of the molecule is CC(=CCl)CN1CCCC(=O)C1. The summed E-state index contributed by atoms with van der Waals surface area (Å²) in [6.45, 7) is 4.43. The first kappa shape index (κ1) is 9.75. The van der Waals surface area contributed by atoms with Crippen molar-refractivity contribution in [3.63, 3.8) is 0 Å². The predicted octanol–water partition coefficient (Wildman–Crippen LogP) is 1.79. The number of piperidine rings is 1. The lowest BCUT2D eigenvalue weighted by molar-refractivity contribution is -0.121. The first-order valence-corrected chi connectivity index (χ1v) is 4.66. The second-order valence-electron chi connectivity index (χ2n) is 3.31. The van der Waals surface area contributed by atoms with Gasteiger partial charge in [-0.1, -0.05) is 11.6 Å². The Morgan fingerprint density at radius 3 is 3.08 bits per heavy atom. The van der Waals surface area contributed by atoms with Gasteiger partial charge in [0.25, 0.3) is 0 Å². The Labute approximate surface area is 78.2 Å². The molecule has 2 nitrogen and oxygen atoms in total. The lowest BCUT2D eigenvalue weighted by atomic mass is 10.1. The molecule has 1 aliphatic rings. The van der Waals surface area contributed by atoms with Crippen molar-refractivity contribution in [1.82, 2.24) is 4.90 Å². The van der Waals surface area contributed by atoms with Gasteiger partial charge in [-0.05, 0) is 25.5 Å². The molecule has 1 heterocycles. The Morgan fingerprint density at radius 1 is 1.75 bits per heavy atom. The number of nitrogens with zero attached hydrogens (tertiary/aromatic N) is 1. The topological polar surface area (TPSA) is 20.3 Å². The van der Waals surface area contributed by atoms with E-state index in [1.165, 1.54) is 0 Å². The van der Waals surface area contributed by atoms with Crippen molar-refractivity contribution in [3.05, 3.63) is 11.1 Å². The van der Waals surface area contributed by atoms with Gasteiger partial charge in [0.15, 0.2) is 0 Å². The largest absolute Gasteiger partial charge is 0.298 e. The molecule has 0 N–H and O–H groups in total.